The van der Waals surface area contributed by atoms with Crippen LogP contribution in [0.15, 0.2) is 42.5 Å². The van der Waals surface area contributed by atoms with Gasteiger partial charge in [-0.25, -0.2) is 9.67 Å². The fourth-order valence-electron chi connectivity index (χ4n) is 2.73. The summed E-state index contributed by atoms with van der Waals surface area (Å²) in [6.45, 7) is 0.742. The normalized spacial score (nSPS) is 11.9. The lowest BCUT2D eigenvalue weighted by molar-refractivity contribution is 0.415. The number of benzene rings is 2. The summed E-state index contributed by atoms with van der Waals surface area (Å²) in [6.07, 6.45) is 0. The minimum atomic E-state index is 0.711. The van der Waals surface area contributed by atoms with E-state index in [9.17, 15) is 0 Å². The van der Waals surface area contributed by atoms with Crippen molar-refractivity contribution in [2.24, 2.45) is 0 Å². The van der Waals surface area contributed by atoms with Gasteiger partial charge in [0.2, 0.25) is 0 Å². The molecule has 0 saturated carbocycles. The van der Waals surface area contributed by atoms with E-state index in [1.54, 1.807) is 14.2 Å². The van der Waals surface area contributed by atoms with Crippen LogP contribution in [0.25, 0.3) is 22.8 Å². The fourth-order valence-corrected chi connectivity index (χ4v) is 2.73. The van der Waals surface area contributed by atoms with E-state index >= 15 is 0 Å². The Morgan fingerprint density at radius 1 is 1.00 bits per heavy atom. The van der Waals surface area contributed by atoms with Crippen LogP contribution in [0.4, 0.5) is 0 Å². The molecule has 0 atom stereocenters. The third kappa shape index (κ3) is 1.94. The molecule has 110 valence electrons. The van der Waals surface area contributed by atoms with Crippen LogP contribution in [0.2, 0.25) is 0 Å². The Morgan fingerprint density at radius 2 is 1.82 bits per heavy atom. The van der Waals surface area contributed by atoms with E-state index in [1.807, 2.05) is 41.1 Å². The molecule has 0 bridgehead atoms. The molecule has 0 N–H and O–H groups in total. The SMILES string of the molecule is COc1cccc(-c2nc3n(n2)Cc2ccc(OC)cc2-3)c1. The highest BCUT2D eigenvalue weighted by molar-refractivity contribution is 5.69. The van der Waals surface area contributed by atoms with Crippen molar-refractivity contribution < 1.29 is 9.47 Å². The maximum absolute atomic E-state index is 5.30. The predicted molar refractivity (Wildman–Crippen MR) is 83.1 cm³/mol. The molecule has 0 aliphatic carbocycles. The van der Waals surface area contributed by atoms with Crippen molar-refractivity contribution in [1.82, 2.24) is 14.8 Å². The summed E-state index contributed by atoms with van der Waals surface area (Å²) in [5.74, 6) is 3.22. The van der Waals surface area contributed by atoms with Crippen LogP contribution < -0.4 is 9.47 Å². The molecule has 1 aliphatic rings. The average Bonchev–Trinajstić information content (AvgIpc) is 3.12. The number of rotatable bonds is 3. The topological polar surface area (TPSA) is 49.2 Å². The standard InChI is InChI=1S/C17H15N3O2/c1-21-13-5-3-4-11(8-13)16-18-17-15-9-14(22-2)7-6-12(15)10-20(17)19-16/h3-9H,10H2,1-2H3. The average molecular weight is 293 g/mol. The van der Waals surface area contributed by atoms with Crippen LogP contribution in [0.3, 0.4) is 0 Å². The van der Waals surface area contributed by atoms with E-state index in [1.165, 1.54) is 5.56 Å². The summed E-state index contributed by atoms with van der Waals surface area (Å²) in [6, 6.07) is 13.8. The molecule has 4 rings (SSSR count). The molecule has 1 aromatic heterocycles. The molecule has 5 heteroatoms. The number of nitrogens with zero attached hydrogens (tertiary/aromatic N) is 3. The maximum atomic E-state index is 5.30. The van der Waals surface area contributed by atoms with Crippen molar-refractivity contribution in [1.29, 1.82) is 0 Å². The van der Waals surface area contributed by atoms with E-state index in [4.69, 9.17) is 14.5 Å². The van der Waals surface area contributed by atoms with Crippen molar-refractivity contribution in [2.75, 3.05) is 14.2 Å². The molecule has 0 unspecified atom stereocenters. The summed E-state index contributed by atoms with van der Waals surface area (Å²) >= 11 is 0. The van der Waals surface area contributed by atoms with Gasteiger partial charge in [-0.1, -0.05) is 18.2 Å². The summed E-state index contributed by atoms with van der Waals surface area (Å²) in [7, 11) is 3.32. The van der Waals surface area contributed by atoms with Gasteiger partial charge in [0.15, 0.2) is 11.6 Å². The number of fused-ring (bicyclic) bond motifs is 3. The first-order valence-electron chi connectivity index (χ1n) is 7.05. The van der Waals surface area contributed by atoms with E-state index in [0.29, 0.717) is 5.82 Å². The highest BCUT2D eigenvalue weighted by atomic mass is 16.5. The highest BCUT2D eigenvalue weighted by Crippen LogP contribution is 2.34. The summed E-state index contributed by atoms with van der Waals surface area (Å²) in [4.78, 5) is 4.69. The predicted octanol–water partition coefficient (Wildman–Crippen LogP) is 2.99. The Kier molecular flexibility index (Phi) is 2.85. The van der Waals surface area contributed by atoms with Gasteiger partial charge >= 0.3 is 0 Å². The molecular formula is C17H15N3O2. The van der Waals surface area contributed by atoms with Gasteiger partial charge in [-0.2, -0.15) is 5.10 Å². The van der Waals surface area contributed by atoms with Crippen molar-refractivity contribution in [3.63, 3.8) is 0 Å². The first-order valence-corrected chi connectivity index (χ1v) is 7.05. The van der Waals surface area contributed by atoms with Crippen molar-refractivity contribution in [2.45, 2.75) is 6.54 Å². The van der Waals surface area contributed by atoms with E-state index < -0.39 is 0 Å². The Labute approximate surface area is 128 Å². The largest absolute Gasteiger partial charge is 0.497 e. The van der Waals surface area contributed by atoms with Gasteiger partial charge in [0.25, 0.3) is 0 Å². The molecule has 0 amide bonds. The molecule has 0 radical (unpaired) electrons. The van der Waals surface area contributed by atoms with Crippen LogP contribution in [-0.4, -0.2) is 29.0 Å². The van der Waals surface area contributed by atoms with E-state index in [0.717, 1.165) is 35.0 Å². The zero-order valence-electron chi connectivity index (χ0n) is 12.4. The van der Waals surface area contributed by atoms with Crippen molar-refractivity contribution in [3.8, 4) is 34.3 Å². The molecule has 1 aliphatic heterocycles. The van der Waals surface area contributed by atoms with Crippen molar-refractivity contribution in [3.05, 3.63) is 48.0 Å². The third-order valence-electron chi connectivity index (χ3n) is 3.88. The number of hydrogen-bond donors (Lipinski definition) is 0. The third-order valence-corrected chi connectivity index (χ3v) is 3.88. The van der Waals surface area contributed by atoms with Gasteiger partial charge in [0.05, 0.1) is 20.8 Å². The van der Waals surface area contributed by atoms with Gasteiger partial charge in [0.1, 0.15) is 11.5 Å². The molecule has 0 spiro atoms. The lowest BCUT2D eigenvalue weighted by Gasteiger charge is -2.03. The van der Waals surface area contributed by atoms with Gasteiger partial charge in [-0.05, 0) is 29.8 Å². The molecule has 22 heavy (non-hydrogen) atoms. The van der Waals surface area contributed by atoms with Gasteiger partial charge in [-0.15, -0.1) is 0 Å². The second-order valence-electron chi connectivity index (χ2n) is 5.17. The highest BCUT2D eigenvalue weighted by Gasteiger charge is 2.23. The second kappa shape index (κ2) is 4.87. The molecule has 3 aromatic rings. The number of methoxy groups -OCH3 is 2. The molecule has 2 heterocycles. The number of aromatic nitrogens is 3. The molecule has 2 aromatic carbocycles. The molecular weight excluding hydrogens is 278 g/mol. The summed E-state index contributed by atoms with van der Waals surface area (Å²) < 4.78 is 12.5. The second-order valence-corrected chi connectivity index (χ2v) is 5.17. The summed E-state index contributed by atoms with van der Waals surface area (Å²) in [5.41, 5.74) is 3.25. The first kappa shape index (κ1) is 12.9. The van der Waals surface area contributed by atoms with E-state index in [-0.39, 0.29) is 0 Å². The smallest absolute Gasteiger partial charge is 0.181 e. The van der Waals surface area contributed by atoms with E-state index in [2.05, 4.69) is 11.2 Å². The first-order chi connectivity index (χ1) is 10.8. The zero-order valence-corrected chi connectivity index (χ0v) is 12.4. The number of ether oxygens (including phenoxy) is 2. The minimum absolute atomic E-state index is 0.711. The Balaban J connectivity index is 1.78. The van der Waals surface area contributed by atoms with Crippen LogP contribution >= 0.6 is 0 Å². The van der Waals surface area contributed by atoms with Gasteiger partial charge < -0.3 is 9.47 Å². The lowest BCUT2D eigenvalue weighted by Crippen LogP contribution is -1.95. The Bertz CT molecular complexity index is 855. The lowest BCUT2D eigenvalue weighted by atomic mass is 10.1. The minimum Gasteiger partial charge on any atom is -0.497 e. The molecule has 0 saturated heterocycles. The van der Waals surface area contributed by atoms with Crippen LogP contribution in [0.5, 0.6) is 11.5 Å². The Hall–Kier alpha value is -2.82. The van der Waals surface area contributed by atoms with Crippen LogP contribution in [0, 0.1) is 0 Å². The van der Waals surface area contributed by atoms with Crippen LogP contribution in [-0.2, 0) is 6.54 Å². The fraction of sp³-hybridized carbons (Fsp3) is 0.176. The molecule has 0 fully saturated rings. The summed E-state index contributed by atoms with van der Waals surface area (Å²) in [5, 5.41) is 4.62. The maximum Gasteiger partial charge on any atom is 0.181 e. The van der Waals surface area contributed by atoms with Crippen LogP contribution in [0.1, 0.15) is 5.56 Å². The Morgan fingerprint density at radius 3 is 2.64 bits per heavy atom. The van der Waals surface area contributed by atoms with Gasteiger partial charge in [-0.3, -0.25) is 0 Å². The monoisotopic (exact) mass is 293 g/mol. The number of hydrogen-bond acceptors (Lipinski definition) is 4. The van der Waals surface area contributed by atoms with Gasteiger partial charge in [0, 0.05) is 11.1 Å². The van der Waals surface area contributed by atoms with Crippen molar-refractivity contribution >= 4 is 0 Å². The zero-order chi connectivity index (χ0) is 15.1. The molecule has 5 nitrogen and oxygen atoms in total. The quantitative estimate of drug-likeness (QED) is 0.582.